The van der Waals surface area contributed by atoms with E-state index in [0.29, 0.717) is 16.6 Å². The molecule has 0 saturated carbocycles. The maximum atomic E-state index is 13.8. The summed E-state index contributed by atoms with van der Waals surface area (Å²) in [5.74, 6) is -1.02. The highest BCUT2D eigenvalue weighted by molar-refractivity contribution is 7.91. The number of hydrogen-bond acceptors (Lipinski definition) is 7. The first-order valence-electron chi connectivity index (χ1n) is 11.2. The van der Waals surface area contributed by atoms with Crippen molar-refractivity contribution in [3.63, 3.8) is 0 Å². The molecule has 1 unspecified atom stereocenters. The first-order valence-corrected chi connectivity index (χ1v) is 14.7. The summed E-state index contributed by atoms with van der Waals surface area (Å²) in [5, 5.41) is 9.30. The third kappa shape index (κ3) is 4.56. The molecule has 1 atom stereocenters. The van der Waals surface area contributed by atoms with Gasteiger partial charge < -0.3 is 0 Å². The Hall–Kier alpha value is -3.70. The van der Waals surface area contributed by atoms with Crippen LogP contribution in [0.1, 0.15) is 42.5 Å². The SMILES string of the molecule is CCS(=O)(=O)c1cc(C#N)ccc1C1C2=C(CCC2=O)N(c2cccc(C(F)(F)F)c2)C(=O)N1S(C)(=O)=O. The second-order valence-electron chi connectivity index (χ2n) is 8.68. The molecule has 0 radical (unpaired) electrons. The van der Waals surface area contributed by atoms with Crippen LogP contribution >= 0.6 is 0 Å². The number of allylic oxidation sites excluding steroid dienone is 1. The molecule has 14 heteroatoms. The molecule has 0 spiro atoms. The summed E-state index contributed by atoms with van der Waals surface area (Å²) in [7, 11) is -8.61. The van der Waals surface area contributed by atoms with Gasteiger partial charge in [-0.05, 0) is 42.3 Å². The van der Waals surface area contributed by atoms with Gasteiger partial charge in [-0.2, -0.15) is 18.4 Å². The maximum Gasteiger partial charge on any atom is 0.416 e. The fourth-order valence-electron chi connectivity index (χ4n) is 4.60. The van der Waals surface area contributed by atoms with Crippen molar-refractivity contribution >= 4 is 37.4 Å². The molecule has 0 aromatic heterocycles. The molecule has 2 aliphatic rings. The molecule has 1 heterocycles. The van der Waals surface area contributed by atoms with E-state index in [1.165, 1.54) is 25.1 Å². The number of urea groups is 1. The molecule has 0 saturated heterocycles. The van der Waals surface area contributed by atoms with E-state index >= 15 is 0 Å². The van der Waals surface area contributed by atoms with Gasteiger partial charge in [-0.3, -0.25) is 9.69 Å². The third-order valence-corrected chi connectivity index (χ3v) is 9.16. The number of benzene rings is 2. The van der Waals surface area contributed by atoms with Crippen LogP contribution in [0.4, 0.5) is 23.7 Å². The molecular weight excluding hydrogens is 547 g/mol. The highest BCUT2D eigenvalue weighted by Gasteiger charge is 2.50. The quantitative estimate of drug-likeness (QED) is 0.535. The van der Waals surface area contributed by atoms with Gasteiger partial charge >= 0.3 is 12.2 Å². The van der Waals surface area contributed by atoms with Gasteiger partial charge in [0, 0.05) is 17.7 Å². The molecule has 200 valence electrons. The molecule has 1 aliphatic carbocycles. The Morgan fingerprint density at radius 2 is 1.74 bits per heavy atom. The van der Waals surface area contributed by atoms with E-state index in [2.05, 4.69) is 0 Å². The molecule has 2 aromatic rings. The Morgan fingerprint density at radius 3 is 2.32 bits per heavy atom. The van der Waals surface area contributed by atoms with E-state index < -0.39 is 60.1 Å². The van der Waals surface area contributed by atoms with Crippen LogP contribution in [-0.4, -0.2) is 45.0 Å². The molecular formula is C24H20F3N3O6S2. The van der Waals surface area contributed by atoms with Crippen molar-refractivity contribution in [2.75, 3.05) is 16.9 Å². The van der Waals surface area contributed by atoms with Crippen LogP contribution in [0.25, 0.3) is 0 Å². The first kappa shape index (κ1) is 27.3. The van der Waals surface area contributed by atoms with Gasteiger partial charge in [-0.1, -0.05) is 19.1 Å². The second-order valence-corrected chi connectivity index (χ2v) is 12.8. The minimum absolute atomic E-state index is 0.0200. The number of rotatable bonds is 5. The van der Waals surface area contributed by atoms with Crippen LogP contribution in [0, 0.1) is 11.3 Å². The van der Waals surface area contributed by atoms with Gasteiger partial charge in [0.1, 0.15) is 6.04 Å². The molecule has 0 N–H and O–H groups in total. The number of sulfone groups is 1. The number of amides is 2. The summed E-state index contributed by atoms with van der Waals surface area (Å²) in [4.78, 5) is 27.2. The van der Waals surface area contributed by atoms with E-state index in [9.17, 15) is 44.9 Å². The van der Waals surface area contributed by atoms with Crippen molar-refractivity contribution in [3.8, 4) is 6.07 Å². The monoisotopic (exact) mass is 567 g/mol. The smallest absolute Gasteiger partial charge is 0.294 e. The van der Waals surface area contributed by atoms with E-state index in [1.807, 2.05) is 0 Å². The van der Waals surface area contributed by atoms with Crippen LogP contribution in [0.15, 0.2) is 58.6 Å². The Bertz CT molecular complexity index is 1660. The zero-order chi connectivity index (χ0) is 28.2. The molecule has 2 amide bonds. The zero-order valence-corrected chi connectivity index (χ0v) is 21.6. The van der Waals surface area contributed by atoms with E-state index in [-0.39, 0.29) is 40.9 Å². The number of halogens is 3. The van der Waals surface area contributed by atoms with E-state index in [4.69, 9.17) is 0 Å². The van der Waals surface area contributed by atoms with Crippen molar-refractivity contribution in [2.45, 2.75) is 36.9 Å². The predicted octanol–water partition coefficient (Wildman–Crippen LogP) is 3.93. The van der Waals surface area contributed by atoms with Gasteiger partial charge in [-0.25, -0.2) is 25.9 Å². The number of anilines is 1. The topological polar surface area (TPSA) is 133 Å². The molecule has 1 aliphatic heterocycles. The Balaban J connectivity index is 2.07. The number of ketones is 1. The number of carbonyl (C=O) groups is 2. The number of Topliss-reactive ketones (excluding diaryl/α,β-unsaturated/α-hetero) is 1. The second kappa shape index (κ2) is 9.25. The minimum Gasteiger partial charge on any atom is -0.294 e. The van der Waals surface area contributed by atoms with Crippen molar-refractivity contribution in [2.24, 2.45) is 0 Å². The maximum absolute atomic E-state index is 13.8. The molecule has 0 bridgehead atoms. The van der Waals surface area contributed by atoms with E-state index in [0.717, 1.165) is 23.1 Å². The summed E-state index contributed by atoms with van der Waals surface area (Å²) in [5.41, 5.74) is -1.90. The number of nitrogens with zero attached hydrogens (tertiary/aromatic N) is 3. The summed E-state index contributed by atoms with van der Waals surface area (Å²) >= 11 is 0. The zero-order valence-electron chi connectivity index (χ0n) is 20.0. The Labute approximate surface area is 216 Å². The van der Waals surface area contributed by atoms with Gasteiger partial charge in [0.25, 0.3) is 0 Å². The number of hydrogen-bond donors (Lipinski definition) is 0. The first-order chi connectivity index (χ1) is 17.6. The van der Waals surface area contributed by atoms with Crippen LogP contribution < -0.4 is 4.90 Å². The number of nitriles is 1. The highest BCUT2D eigenvalue weighted by atomic mass is 32.2. The van der Waals surface area contributed by atoms with Crippen molar-refractivity contribution in [1.29, 1.82) is 5.26 Å². The molecule has 4 rings (SSSR count). The lowest BCUT2D eigenvalue weighted by Crippen LogP contribution is -2.52. The number of sulfonamides is 1. The van der Waals surface area contributed by atoms with Crippen molar-refractivity contribution in [1.82, 2.24) is 4.31 Å². The lowest BCUT2D eigenvalue weighted by atomic mass is 9.93. The summed E-state index contributed by atoms with van der Waals surface area (Å²) in [6, 6.07) is 5.95. The summed E-state index contributed by atoms with van der Waals surface area (Å²) in [6.45, 7) is 1.33. The number of alkyl halides is 3. The van der Waals surface area contributed by atoms with Gasteiger partial charge in [0.2, 0.25) is 10.0 Å². The van der Waals surface area contributed by atoms with Gasteiger partial charge in [0.15, 0.2) is 15.6 Å². The van der Waals surface area contributed by atoms with Crippen LogP contribution in [0.2, 0.25) is 0 Å². The van der Waals surface area contributed by atoms with Crippen molar-refractivity contribution < 1.29 is 39.6 Å². The normalized spacial score (nSPS) is 18.6. The van der Waals surface area contributed by atoms with Crippen LogP contribution in [-0.2, 0) is 30.8 Å². The van der Waals surface area contributed by atoms with E-state index in [1.54, 1.807) is 6.07 Å². The van der Waals surface area contributed by atoms with Gasteiger partial charge in [0.05, 0.1) is 39.8 Å². The van der Waals surface area contributed by atoms with Crippen LogP contribution in [0.3, 0.4) is 0 Å². The minimum atomic E-state index is -4.76. The highest BCUT2D eigenvalue weighted by Crippen LogP contribution is 2.47. The standard InChI is InChI=1S/C24H20F3N3O6S2/c1-3-38(35,36)20-11-14(13-28)7-8-17(20)22-21-18(9-10-19(21)31)29(23(32)30(22)37(2,33)34)16-6-4-5-15(12-16)24(25,26)27/h4-8,11-12,22H,3,9-10H2,1-2H3. The lowest BCUT2D eigenvalue weighted by molar-refractivity contribution is -0.137. The largest absolute Gasteiger partial charge is 0.416 e. The van der Waals surface area contributed by atoms with Crippen molar-refractivity contribution in [3.05, 3.63) is 70.4 Å². The van der Waals surface area contributed by atoms with Gasteiger partial charge in [-0.15, -0.1) is 0 Å². The fraction of sp³-hybridized carbons (Fsp3) is 0.292. The molecule has 9 nitrogen and oxygen atoms in total. The lowest BCUT2D eigenvalue weighted by Gasteiger charge is -2.41. The molecule has 2 aromatic carbocycles. The average Bonchev–Trinajstić information content (AvgIpc) is 3.22. The third-order valence-electron chi connectivity index (χ3n) is 6.30. The summed E-state index contributed by atoms with van der Waals surface area (Å²) in [6.07, 6.45) is -4.35. The Kier molecular flexibility index (Phi) is 6.65. The molecule has 0 fully saturated rings. The Morgan fingerprint density at radius 1 is 1.05 bits per heavy atom. The molecule has 38 heavy (non-hydrogen) atoms. The van der Waals surface area contributed by atoms with Crippen LogP contribution in [0.5, 0.6) is 0 Å². The number of carbonyl (C=O) groups excluding carboxylic acids is 2. The predicted molar refractivity (Wildman–Crippen MR) is 129 cm³/mol. The average molecular weight is 568 g/mol. The summed E-state index contributed by atoms with van der Waals surface area (Å²) < 4.78 is 92.5. The fourth-order valence-corrected chi connectivity index (χ4v) is 6.73.